The number of anilines is 1. The van der Waals surface area contributed by atoms with Gasteiger partial charge in [-0.15, -0.1) is 0 Å². The fraction of sp³-hybridized carbons (Fsp3) is 0.297. The van der Waals surface area contributed by atoms with E-state index in [1.54, 1.807) is 49.6 Å². The Bertz CT molecular complexity index is 1780. The molecule has 2 amide bonds. The zero-order valence-electron chi connectivity index (χ0n) is 28.0. The van der Waals surface area contributed by atoms with E-state index in [-0.39, 0.29) is 29.5 Å². The predicted octanol–water partition coefficient (Wildman–Crippen LogP) is 5.38. The SMILES string of the molecule is CCCNC(=O)C(Cc1ccccc1)N(Cc1cccc(OC)c1)C(=O)CN(c1ccc(OC)c(OC)c1)S(=O)(=O)c1ccc(C)cc1. The van der Waals surface area contributed by atoms with Crippen molar-refractivity contribution in [3.05, 3.63) is 114 Å². The number of benzene rings is 4. The van der Waals surface area contributed by atoms with Crippen molar-refractivity contribution in [2.45, 2.75) is 44.2 Å². The van der Waals surface area contributed by atoms with Gasteiger partial charge in [-0.3, -0.25) is 13.9 Å². The average Bonchev–Trinajstić information content (AvgIpc) is 3.11. The van der Waals surface area contributed by atoms with Gasteiger partial charge in [0, 0.05) is 25.6 Å². The van der Waals surface area contributed by atoms with Gasteiger partial charge in [0.2, 0.25) is 11.8 Å². The first-order valence-corrected chi connectivity index (χ1v) is 17.1. The van der Waals surface area contributed by atoms with Crippen molar-refractivity contribution < 1.29 is 32.2 Å². The molecule has 0 radical (unpaired) electrons. The lowest BCUT2D eigenvalue weighted by atomic mass is 10.0. The summed E-state index contributed by atoms with van der Waals surface area (Å²) >= 11 is 0. The van der Waals surface area contributed by atoms with Gasteiger partial charge >= 0.3 is 0 Å². The summed E-state index contributed by atoms with van der Waals surface area (Å²) in [6.45, 7) is 3.66. The summed E-state index contributed by atoms with van der Waals surface area (Å²) in [7, 11) is 0.203. The summed E-state index contributed by atoms with van der Waals surface area (Å²) in [5, 5.41) is 2.95. The molecular weight excluding hydrogens is 630 g/mol. The lowest BCUT2D eigenvalue weighted by molar-refractivity contribution is -0.140. The van der Waals surface area contributed by atoms with Crippen molar-refractivity contribution in [1.29, 1.82) is 0 Å². The molecule has 0 aliphatic carbocycles. The van der Waals surface area contributed by atoms with Crippen molar-refractivity contribution in [3.63, 3.8) is 0 Å². The lowest BCUT2D eigenvalue weighted by Crippen LogP contribution is -2.53. The van der Waals surface area contributed by atoms with Gasteiger partial charge in [-0.1, -0.05) is 67.1 Å². The van der Waals surface area contributed by atoms with Gasteiger partial charge in [-0.05, 0) is 60.9 Å². The number of hydrogen-bond donors (Lipinski definition) is 1. The van der Waals surface area contributed by atoms with Crippen molar-refractivity contribution in [2.24, 2.45) is 0 Å². The number of sulfonamides is 1. The molecule has 0 bridgehead atoms. The first-order valence-electron chi connectivity index (χ1n) is 15.7. The summed E-state index contributed by atoms with van der Waals surface area (Å²) in [5.74, 6) is 0.367. The van der Waals surface area contributed by atoms with Crippen LogP contribution in [0, 0.1) is 6.92 Å². The van der Waals surface area contributed by atoms with Crippen molar-refractivity contribution in [3.8, 4) is 17.2 Å². The highest BCUT2D eigenvalue weighted by Crippen LogP contribution is 2.34. The van der Waals surface area contributed by atoms with E-state index in [9.17, 15) is 18.0 Å². The third kappa shape index (κ3) is 8.86. The summed E-state index contributed by atoms with van der Waals surface area (Å²) in [6, 6.07) is 26.8. The molecule has 0 spiro atoms. The first kappa shape index (κ1) is 35.8. The molecule has 4 rings (SSSR count). The highest BCUT2D eigenvalue weighted by atomic mass is 32.2. The molecule has 0 aromatic heterocycles. The summed E-state index contributed by atoms with van der Waals surface area (Å²) < 4.78 is 46.0. The van der Waals surface area contributed by atoms with Crippen LogP contribution in [0.25, 0.3) is 0 Å². The van der Waals surface area contributed by atoms with Gasteiger partial charge in [-0.25, -0.2) is 8.42 Å². The Morgan fingerprint density at radius 1 is 0.792 bits per heavy atom. The molecule has 1 N–H and O–H groups in total. The Morgan fingerprint density at radius 2 is 1.48 bits per heavy atom. The third-order valence-corrected chi connectivity index (χ3v) is 9.64. The number of ether oxygens (including phenoxy) is 3. The second-order valence-corrected chi connectivity index (χ2v) is 13.1. The molecule has 0 aliphatic heterocycles. The van der Waals surface area contributed by atoms with Crippen LogP contribution in [0.4, 0.5) is 5.69 Å². The van der Waals surface area contributed by atoms with E-state index in [4.69, 9.17) is 14.2 Å². The maximum atomic E-state index is 14.7. The first-order chi connectivity index (χ1) is 23.1. The van der Waals surface area contributed by atoms with Gasteiger partial charge in [0.05, 0.1) is 31.9 Å². The van der Waals surface area contributed by atoms with Crippen LogP contribution < -0.4 is 23.8 Å². The Balaban J connectivity index is 1.84. The minimum atomic E-state index is -4.28. The largest absolute Gasteiger partial charge is 0.497 e. The molecule has 4 aromatic carbocycles. The van der Waals surface area contributed by atoms with E-state index in [2.05, 4.69) is 5.32 Å². The van der Waals surface area contributed by atoms with E-state index >= 15 is 0 Å². The Labute approximate surface area is 283 Å². The Kier molecular flexibility index (Phi) is 12.5. The van der Waals surface area contributed by atoms with Gasteiger partial charge in [0.15, 0.2) is 11.5 Å². The van der Waals surface area contributed by atoms with Gasteiger partial charge in [0.1, 0.15) is 18.3 Å². The summed E-state index contributed by atoms with van der Waals surface area (Å²) in [4.78, 5) is 30.0. The zero-order chi connectivity index (χ0) is 34.7. The lowest BCUT2D eigenvalue weighted by Gasteiger charge is -2.34. The van der Waals surface area contributed by atoms with E-state index in [1.807, 2.05) is 50.2 Å². The van der Waals surface area contributed by atoms with Gasteiger partial charge < -0.3 is 24.4 Å². The van der Waals surface area contributed by atoms with Crippen LogP contribution in [0.1, 0.15) is 30.0 Å². The predicted molar refractivity (Wildman–Crippen MR) is 186 cm³/mol. The number of hydrogen-bond acceptors (Lipinski definition) is 7. The van der Waals surface area contributed by atoms with Crippen LogP contribution in [0.5, 0.6) is 17.2 Å². The Hall–Kier alpha value is -5.03. The fourth-order valence-electron chi connectivity index (χ4n) is 5.23. The molecule has 48 heavy (non-hydrogen) atoms. The topological polar surface area (TPSA) is 114 Å². The van der Waals surface area contributed by atoms with E-state index in [1.165, 1.54) is 37.3 Å². The van der Waals surface area contributed by atoms with Crippen LogP contribution in [-0.4, -0.2) is 65.6 Å². The van der Waals surface area contributed by atoms with Crippen molar-refractivity contribution in [1.82, 2.24) is 10.2 Å². The van der Waals surface area contributed by atoms with Gasteiger partial charge in [0.25, 0.3) is 10.0 Å². The summed E-state index contributed by atoms with van der Waals surface area (Å²) in [6.07, 6.45) is 0.919. The second-order valence-electron chi connectivity index (χ2n) is 11.2. The molecule has 0 fully saturated rings. The van der Waals surface area contributed by atoms with Gasteiger partial charge in [-0.2, -0.15) is 0 Å². The number of rotatable bonds is 16. The number of amides is 2. The van der Waals surface area contributed by atoms with E-state index in [0.29, 0.717) is 35.8 Å². The molecule has 0 saturated heterocycles. The molecule has 4 aromatic rings. The molecule has 0 saturated carbocycles. The van der Waals surface area contributed by atoms with Crippen LogP contribution >= 0.6 is 0 Å². The van der Waals surface area contributed by atoms with Crippen LogP contribution in [-0.2, 0) is 32.6 Å². The van der Waals surface area contributed by atoms with Crippen molar-refractivity contribution in [2.75, 3.05) is 38.7 Å². The standard InChI is InChI=1S/C37H43N3O7S/c1-6-21-38-37(42)33(23-28-11-8-7-9-12-28)39(25-29-13-10-14-31(22-29)45-3)36(41)26-40(30-17-20-34(46-4)35(24-30)47-5)48(43,44)32-18-15-27(2)16-19-32/h7-20,22,24,33H,6,21,23,25-26H2,1-5H3,(H,38,42). The smallest absolute Gasteiger partial charge is 0.264 e. The molecule has 1 unspecified atom stereocenters. The maximum absolute atomic E-state index is 14.7. The van der Waals surface area contributed by atoms with Crippen LogP contribution in [0.2, 0.25) is 0 Å². The fourth-order valence-corrected chi connectivity index (χ4v) is 6.64. The number of nitrogens with one attached hydrogen (secondary N) is 1. The number of methoxy groups -OCH3 is 3. The van der Waals surface area contributed by atoms with E-state index in [0.717, 1.165) is 15.4 Å². The minimum absolute atomic E-state index is 0.0107. The quantitative estimate of drug-likeness (QED) is 0.170. The van der Waals surface area contributed by atoms with Crippen LogP contribution in [0.3, 0.4) is 0 Å². The number of aryl methyl sites for hydroxylation is 1. The number of carbonyl (C=O) groups excluding carboxylic acids is 2. The summed E-state index contributed by atoms with van der Waals surface area (Å²) in [5.41, 5.74) is 2.64. The molecule has 10 nitrogen and oxygen atoms in total. The molecule has 254 valence electrons. The van der Waals surface area contributed by atoms with Crippen molar-refractivity contribution >= 4 is 27.5 Å². The maximum Gasteiger partial charge on any atom is 0.264 e. The molecule has 0 aliphatic rings. The highest BCUT2D eigenvalue weighted by molar-refractivity contribution is 7.92. The zero-order valence-corrected chi connectivity index (χ0v) is 28.8. The average molecular weight is 674 g/mol. The monoisotopic (exact) mass is 673 g/mol. The molecule has 0 heterocycles. The molecule has 11 heteroatoms. The Morgan fingerprint density at radius 3 is 2.12 bits per heavy atom. The second kappa shape index (κ2) is 16.7. The third-order valence-electron chi connectivity index (χ3n) is 7.85. The number of nitrogens with zero attached hydrogens (tertiary/aromatic N) is 2. The minimum Gasteiger partial charge on any atom is -0.497 e. The number of carbonyl (C=O) groups is 2. The van der Waals surface area contributed by atoms with E-state index < -0.39 is 28.5 Å². The highest BCUT2D eigenvalue weighted by Gasteiger charge is 2.35. The normalized spacial score (nSPS) is 11.7. The molecule has 1 atom stereocenters. The van der Waals surface area contributed by atoms with Crippen LogP contribution in [0.15, 0.2) is 102 Å². The molecular formula is C37H43N3O7S.